The molecule has 27 heavy (non-hydrogen) atoms. The molecule has 1 N–H and O–H groups in total. The summed E-state index contributed by atoms with van der Waals surface area (Å²) in [6.45, 7) is 1.86. The third-order valence-electron chi connectivity index (χ3n) is 4.25. The summed E-state index contributed by atoms with van der Waals surface area (Å²) >= 11 is 5.95. The van der Waals surface area contributed by atoms with Crippen molar-refractivity contribution in [3.63, 3.8) is 0 Å². The van der Waals surface area contributed by atoms with Crippen molar-refractivity contribution < 1.29 is 23.8 Å². The van der Waals surface area contributed by atoms with Gasteiger partial charge in [0.25, 0.3) is 5.91 Å². The second-order valence-electron chi connectivity index (χ2n) is 6.21. The summed E-state index contributed by atoms with van der Waals surface area (Å²) in [6, 6.07) is 12.5. The van der Waals surface area contributed by atoms with Crippen molar-refractivity contribution in [3.8, 4) is 11.5 Å². The predicted molar refractivity (Wildman–Crippen MR) is 100.0 cm³/mol. The number of fused-ring (bicyclic) bond motifs is 1. The van der Waals surface area contributed by atoms with Crippen molar-refractivity contribution >= 4 is 23.5 Å². The van der Waals surface area contributed by atoms with E-state index in [-0.39, 0.29) is 5.91 Å². The number of hydrogen-bond acceptors (Lipinski definition) is 5. The van der Waals surface area contributed by atoms with Crippen LogP contribution in [0.4, 0.5) is 0 Å². The Morgan fingerprint density at radius 2 is 2.00 bits per heavy atom. The molecule has 0 saturated carbocycles. The first-order valence-corrected chi connectivity index (χ1v) is 8.90. The van der Waals surface area contributed by atoms with E-state index >= 15 is 0 Å². The molecule has 0 unspecified atom stereocenters. The van der Waals surface area contributed by atoms with Crippen LogP contribution in [0.1, 0.15) is 18.1 Å². The van der Waals surface area contributed by atoms with Crippen LogP contribution in [0.3, 0.4) is 0 Å². The molecule has 0 aliphatic carbocycles. The topological polar surface area (TPSA) is 73.9 Å². The molecular formula is C20H20ClNO5. The second-order valence-corrected chi connectivity index (χ2v) is 6.64. The van der Waals surface area contributed by atoms with Crippen molar-refractivity contribution in [2.24, 2.45) is 0 Å². The minimum absolute atomic E-state index is 0.328. The Morgan fingerprint density at radius 3 is 2.70 bits per heavy atom. The number of hydrogen-bond donors (Lipinski definition) is 1. The van der Waals surface area contributed by atoms with Gasteiger partial charge in [0, 0.05) is 18.0 Å². The third-order valence-corrected chi connectivity index (χ3v) is 4.48. The Labute approximate surface area is 162 Å². The molecule has 0 bridgehead atoms. The van der Waals surface area contributed by atoms with Crippen LogP contribution in [-0.4, -0.2) is 31.2 Å². The molecule has 2 aromatic rings. The van der Waals surface area contributed by atoms with Gasteiger partial charge in [-0.1, -0.05) is 23.7 Å². The molecule has 0 spiro atoms. The summed E-state index contributed by atoms with van der Waals surface area (Å²) in [5, 5.41) is 3.32. The fourth-order valence-electron chi connectivity index (χ4n) is 2.73. The van der Waals surface area contributed by atoms with Crippen LogP contribution in [0.2, 0.25) is 5.02 Å². The molecule has 6 nitrogen and oxygen atoms in total. The molecule has 1 aliphatic rings. The van der Waals surface area contributed by atoms with Crippen molar-refractivity contribution in [1.29, 1.82) is 0 Å². The van der Waals surface area contributed by atoms with Gasteiger partial charge < -0.3 is 19.5 Å². The van der Waals surface area contributed by atoms with Gasteiger partial charge in [-0.25, -0.2) is 4.79 Å². The van der Waals surface area contributed by atoms with Gasteiger partial charge in [0.15, 0.2) is 12.2 Å². The van der Waals surface area contributed by atoms with E-state index in [4.69, 9.17) is 25.8 Å². The molecular weight excluding hydrogens is 370 g/mol. The van der Waals surface area contributed by atoms with Crippen LogP contribution in [-0.2, 0) is 27.3 Å². The van der Waals surface area contributed by atoms with Crippen molar-refractivity contribution in [2.45, 2.75) is 32.1 Å². The van der Waals surface area contributed by atoms with E-state index in [1.165, 1.54) is 6.92 Å². The Kier molecular flexibility index (Phi) is 5.86. The van der Waals surface area contributed by atoms with Gasteiger partial charge in [-0.3, -0.25) is 4.79 Å². The van der Waals surface area contributed by atoms with E-state index in [2.05, 4.69) is 5.32 Å². The minimum atomic E-state index is -0.924. The van der Waals surface area contributed by atoms with Crippen LogP contribution < -0.4 is 14.8 Å². The quantitative estimate of drug-likeness (QED) is 0.769. The van der Waals surface area contributed by atoms with Crippen LogP contribution in [0.15, 0.2) is 42.5 Å². The molecule has 1 amide bonds. The normalized spacial score (nSPS) is 16.0. The molecule has 3 rings (SSSR count). The molecule has 0 radical (unpaired) electrons. The number of nitrogens with one attached hydrogen (secondary N) is 1. The molecule has 7 heteroatoms. The number of amides is 1. The third kappa shape index (κ3) is 4.71. The maximum Gasteiger partial charge on any atom is 0.348 e. The average molecular weight is 390 g/mol. The SMILES string of the molecule is COc1ccc(CNC(=O)[C@@H](C)OC(=O)[C@@H]2Cc3cc(Cl)ccc3O2)cc1. The second kappa shape index (κ2) is 8.31. The van der Waals surface area contributed by atoms with Crippen LogP contribution in [0.5, 0.6) is 11.5 Å². The first kappa shape index (κ1) is 19.0. The maximum atomic E-state index is 12.3. The van der Waals surface area contributed by atoms with Crippen molar-refractivity contribution in [1.82, 2.24) is 5.32 Å². The predicted octanol–water partition coefficient (Wildman–Crippen LogP) is 2.90. The van der Waals surface area contributed by atoms with Crippen LogP contribution in [0, 0.1) is 0 Å². The molecule has 2 atom stereocenters. The number of esters is 1. The molecule has 0 saturated heterocycles. The lowest BCUT2D eigenvalue weighted by atomic mass is 10.1. The first-order valence-electron chi connectivity index (χ1n) is 8.52. The Bertz CT molecular complexity index is 837. The average Bonchev–Trinajstić information content (AvgIpc) is 3.09. The van der Waals surface area contributed by atoms with E-state index in [0.717, 1.165) is 16.9 Å². The fraction of sp³-hybridized carbons (Fsp3) is 0.300. The van der Waals surface area contributed by atoms with E-state index in [9.17, 15) is 9.59 Å². The Balaban J connectivity index is 1.48. The zero-order valence-corrected chi connectivity index (χ0v) is 15.8. The molecule has 0 fully saturated rings. The summed E-state index contributed by atoms with van der Waals surface area (Å²) < 4.78 is 15.9. The highest BCUT2D eigenvalue weighted by molar-refractivity contribution is 6.30. The summed E-state index contributed by atoms with van der Waals surface area (Å²) in [7, 11) is 1.59. The highest BCUT2D eigenvalue weighted by Gasteiger charge is 2.32. The Hall–Kier alpha value is -2.73. The number of methoxy groups -OCH3 is 1. The van der Waals surface area contributed by atoms with Gasteiger partial charge >= 0.3 is 5.97 Å². The van der Waals surface area contributed by atoms with Gasteiger partial charge in [-0.2, -0.15) is 0 Å². The zero-order chi connectivity index (χ0) is 19.4. The lowest BCUT2D eigenvalue weighted by Crippen LogP contribution is -2.39. The zero-order valence-electron chi connectivity index (χ0n) is 15.0. The maximum absolute atomic E-state index is 12.3. The monoisotopic (exact) mass is 389 g/mol. The van der Waals surface area contributed by atoms with Gasteiger partial charge in [-0.05, 0) is 48.4 Å². The van der Waals surface area contributed by atoms with Gasteiger partial charge in [-0.15, -0.1) is 0 Å². The first-order chi connectivity index (χ1) is 13.0. The number of carbonyl (C=O) groups is 2. The van der Waals surface area contributed by atoms with Crippen molar-refractivity contribution in [2.75, 3.05) is 7.11 Å². The van der Waals surface area contributed by atoms with E-state index in [0.29, 0.717) is 23.7 Å². The minimum Gasteiger partial charge on any atom is -0.497 e. The number of ether oxygens (including phenoxy) is 3. The molecule has 1 aliphatic heterocycles. The number of benzene rings is 2. The smallest absolute Gasteiger partial charge is 0.348 e. The molecule has 1 heterocycles. The van der Waals surface area contributed by atoms with E-state index < -0.39 is 18.2 Å². The van der Waals surface area contributed by atoms with Gasteiger partial charge in [0.05, 0.1) is 7.11 Å². The summed E-state index contributed by atoms with van der Waals surface area (Å²) in [6.07, 6.45) is -1.32. The molecule has 142 valence electrons. The van der Waals surface area contributed by atoms with Gasteiger partial charge in [0.1, 0.15) is 11.5 Å². The fourth-order valence-corrected chi connectivity index (χ4v) is 2.92. The van der Waals surface area contributed by atoms with Crippen LogP contribution in [0.25, 0.3) is 0 Å². The van der Waals surface area contributed by atoms with Crippen molar-refractivity contribution in [3.05, 3.63) is 58.6 Å². The standard InChI is InChI=1S/C20H20ClNO5/c1-12(19(23)22-11-13-3-6-16(25-2)7-4-13)26-20(24)18-10-14-9-15(21)5-8-17(14)27-18/h3-9,12,18H,10-11H2,1-2H3,(H,22,23)/t12-,18+/m1/s1. The highest BCUT2D eigenvalue weighted by Crippen LogP contribution is 2.31. The van der Waals surface area contributed by atoms with Crippen LogP contribution >= 0.6 is 11.6 Å². The van der Waals surface area contributed by atoms with Gasteiger partial charge in [0.2, 0.25) is 0 Å². The highest BCUT2D eigenvalue weighted by atomic mass is 35.5. The summed E-state index contributed by atoms with van der Waals surface area (Å²) in [4.78, 5) is 24.5. The number of carbonyl (C=O) groups excluding carboxylic acids is 2. The van der Waals surface area contributed by atoms with E-state index in [1.54, 1.807) is 25.3 Å². The van der Waals surface area contributed by atoms with E-state index in [1.807, 2.05) is 24.3 Å². The molecule has 0 aromatic heterocycles. The lowest BCUT2D eigenvalue weighted by Gasteiger charge is -2.16. The number of halogens is 1. The summed E-state index contributed by atoms with van der Waals surface area (Å²) in [5.41, 5.74) is 1.76. The Morgan fingerprint density at radius 1 is 1.26 bits per heavy atom. The lowest BCUT2D eigenvalue weighted by molar-refractivity contribution is -0.160. The summed E-state index contributed by atoms with van der Waals surface area (Å²) in [5.74, 6) is 0.399. The molecule has 2 aromatic carbocycles. The number of rotatable bonds is 6. The largest absolute Gasteiger partial charge is 0.497 e.